The minimum absolute atomic E-state index is 0.244. The number of nitrogens with one attached hydrogen (secondary N) is 1. The van der Waals surface area contributed by atoms with Crippen molar-refractivity contribution in [2.75, 3.05) is 25.1 Å². The van der Waals surface area contributed by atoms with Crippen molar-refractivity contribution in [1.82, 2.24) is 14.4 Å². The van der Waals surface area contributed by atoms with Crippen LogP contribution in [0.1, 0.15) is 41.1 Å². The number of nitrogens with zero attached hydrogens (tertiary/aromatic N) is 3. The quantitative estimate of drug-likeness (QED) is 0.691. The second kappa shape index (κ2) is 7.37. The Bertz CT molecular complexity index is 1110. The van der Waals surface area contributed by atoms with Crippen LogP contribution >= 0.6 is 0 Å². The molecule has 0 radical (unpaired) electrons. The summed E-state index contributed by atoms with van der Waals surface area (Å²) < 4.78 is 27.4. The molecule has 3 aromatic rings. The van der Waals surface area contributed by atoms with E-state index in [1.54, 1.807) is 12.3 Å². The van der Waals surface area contributed by atoms with Gasteiger partial charge in [-0.05, 0) is 36.8 Å². The van der Waals surface area contributed by atoms with Gasteiger partial charge < -0.3 is 14.8 Å². The lowest BCUT2D eigenvalue weighted by Gasteiger charge is -2.23. The molecule has 2 aromatic heterocycles. The molecular weight excluding hydrogens is 371 g/mol. The molecule has 0 aliphatic carbocycles. The maximum Gasteiger partial charge on any atom is 0.208 e. The Labute approximate surface area is 168 Å². The molecule has 0 bridgehead atoms. The third-order valence-corrected chi connectivity index (χ3v) is 5.69. The molecule has 1 saturated heterocycles. The van der Waals surface area contributed by atoms with Crippen molar-refractivity contribution in [3.63, 3.8) is 0 Å². The van der Waals surface area contributed by atoms with Crippen LogP contribution in [-0.2, 0) is 17.7 Å². The molecule has 0 spiro atoms. The maximum atomic E-state index is 14.5. The molecule has 6 nitrogen and oxygen atoms in total. The van der Waals surface area contributed by atoms with Crippen LogP contribution in [0.4, 0.5) is 10.3 Å². The highest BCUT2D eigenvalue weighted by atomic mass is 19.1. The lowest BCUT2D eigenvalue weighted by atomic mass is 9.93. The van der Waals surface area contributed by atoms with Gasteiger partial charge in [0.15, 0.2) is 0 Å². The van der Waals surface area contributed by atoms with Crippen LogP contribution in [0.15, 0.2) is 24.5 Å². The van der Waals surface area contributed by atoms with E-state index in [-0.39, 0.29) is 5.82 Å². The fourth-order valence-corrected chi connectivity index (χ4v) is 4.17. The number of hydrogen-bond acceptors (Lipinski definition) is 5. The van der Waals surface area contributed by atoms with Gasteiger partial charge in [0.2, 0.25) is 5.95 Å². The number of hydrogen-bond donors (Lipinski definition) is 1. The number of halogens is 1. The summed E-state index contributed by atoms with van der Waals surface area (Å²) in [7, 11) is 0. The Morgan fingerprint density at radius 3 is 2.97 bits per heavy atom. The van der Waals surface area contributed by atoms with Crippen molar-refractivity contribution in [2.24, 2.45) is 0 Å². The first-order valence-corrected chi connectivity index (χ1v) is 9.84. The predicted octanol–water partition coefficient (Wildman–Crippen LogP) is 3.29. The van der Waals surface area contributed by atoms with Gasteiger partial charge in [0.25, 0.3) is 0 Å². The smallest absolute Gasteiger partial charge is 0.208 e. The van der Waals surface area contributed by atoms with Crippen molar-refractivity contribution in [2.45, 2.75) is 31.7 Å². The molecule has 148 valence electrons. The van der Waals surface area contributed by atoms with Crippen molar-refractivity contribution in [3.8, 4) is 18.1 Å². The standard InChI is InChI=1S/C22H21FN4O2/c1-2-15-13-27-21(26-15)17(14-5-8-28-9-6-14)11-24-22(27)25-12-18-16-7-10-29-20(16)4-3-19(18)23/h1,3-4,11,13-14H,5-10,12H2,(H,24,25). The number of aromatic nitrogens is 3. The van der Waals surface area contributed by atoms with Gasteiger partial charge in [-0.3, -0.25) is 4.40 Å². The zero-order chi connectivity index (χ0) is 19.8. The van der Waals surface area contributed by atoms with E-state index in [1.165, 1.54) is 6.07 Å². The molecule has 7 heteroatoms. The number of rotatable bonds is 4. The van der Waals surface area contributed by atoms with Gasteiger partial charge in [0, 0.05) is 55.3 Å². The van der Waals surface area contributed by atoms with E-state index in [0.717, 1.165) is 48.6 Å². The topological polar surface area (TPSA) is 60.7 Å². The summed E-state index contributed by atoms with van der Waals surface area (Å²) in [5.41, 5.74) is 3.95. The van der Waals surface area contributed by atoms with Crippen LogP contribution in [0.3, 0.4) is 0 Å². The molecule has 1 N–H and O–H groups in total. The highest BCUT2D eigenvalue weighted by Gasteiger charge is 2.23. The van der Waals surface area contributed by atoms with Crippen molar-refractivity contribution < 1.29 is 13.9 Å². The molecule has 0 unspecified atom stereocenters. The van der Waals surface area contributed by atoms with Crippen LogP contribution in [0, 0.1) is 18.2 Å². The second-order valence-electron chi connectivity index (χ2n) is 7.34. The minimum atomic E-state index is -0.244. The first-order valence-electron chi connectivity index (χ1n) is 9.84. The Morgan fingerprint density at radius 1 is 1.28 bits per heavy atom. The van der Waals surface area contributed by atoms with E-state index in [0.29, 0.717) is 42.7 Å². The Morgan fingerprint density at radius 2 is 2.14 bits per heavy atom. The van der Waals surface area contributed by atoms with Gasteiger partial charge >= 0.3 is 0 Å². The van der Waals surface area contributed by atoms with E-state index >= 15 is 0 Å². The summed E-state index contributed by atoms with van der Waals surface area (Å²) in [6, 6.07) is 3.14. The van der Waals surface area contributed by atoms with Gasteiger partial charge in [-0.1, -0.05) is 0 Å². The highest BCUT2D eigenvalue weighted by molar-refractivity contribution is 5.56. The Hall–Kier alpha value is -3.11. The van der Waals surface area contributed by atoms with Crippen LogP contribution < -0.4 is 10.1 Å². The van der Waals surface area contributed by atoms with Crippen LogP contribution in [0.5, 0.6) is 5.75 Å². The molecule has 1 aromatic carbocycles. The van der Waals surface area contributed by atoms with Crippen molar-refractivity contribution >= 4 is 11.6 Å². The first kappa shape index (κ1) is 18.0. The third-order valence-electron chi connectivity index (χ3n) is 5.69. The lowest BCUT2D eigenvalue weighted by molar-refractivity contribution is 0.0854. The molecule has 1 fully saturated rings. The summed E-state index contributed by atoms with van der Waals surface area (Å²) in [4.78, 5) is 9.23. The molecule has 29 heavy (non-hydrogen) atoms. The molecule has 0 atom stereocenters. The van der Waals surface area contributed by atoms with Crippen LogP contribution in [-0.4, -0.2) is 34.2 Å². The van der Waals surface area contributed by atoms with Gasteiger partial charge in [0.1, 0.15) is 22.9 Å². The molecule has 4 heterocycles. The normalized spacial score (nSPS) is 16.4. The number of ether oxygens (including phenoxy) is 2. The maximum absolute atomic E-state index is 14.5. The fraction of sp³-hybridized carbons (Fsp3) is 0.364. The Kier molecular flexibility index (Phi) is 4.57. The Balaban J connectivity index is 1.49. The molecule has 2 aliphatic rings. The number of terminal acetylenes is 1. The van der Waals surface area contributed by atoms with E-state index in [2.05, 4.69) is 21.2 Å². The van der Waals surface area contributed by atoms with E-state index in [9.17, 15) is 4.39 Å². The molecule has 0 amide bonds. The van der Waals surface area contributed by atoms with Crippen molar-refractivity contribution in [1.29, 1.82) is 0 Å². The van der Waals surface area contributed by atoms with E-state index < -0.39 is 0 Å². The molecule has 0 saturated carbocycles. The summed E-state index contributed by atoms with van der Waals surface area (Å²) >= 11 is 0. The third kappa shape index (κ3) is 3.19. The average Bonchev–Trinajstić information content (AvgIpc) is 3.40. The van der Waals surface area contributed by atoms with Crippen LogP contribution in [0.2, 0.25) is 0 Å². The number of imidazole rings is 1. The molecule has 2 aliphatic heterocycles. The zero-order valence-corrected chi connectivity index (χ0v) is 15.9. The van der Waals surface area contributed by atoms with Gasteiger partial charge in [-0.2, -0.15) is 0 Å². The summed E-state index contributed by atoms with van der Waals surface area (Å²) in [5, 5.41) is 3.27. The van der Waals surface area contributed by atoms with Gasteiger partial charge in [0.05, 0.1) is 6.61 Å². The summed E-state index contributed by atoms with van der Waals surface area (Å²) in [5.74, 6) is 4.04. The van der Waals surface area contributed by atoms with Gasteiger partial charge in [-0.15, -0.1) is 6.42 Å². The van der Waals surface area contributed by atoms with E-state index in [4.69, 9.17) is 15.9 Å². The summed E-state index contributed by atoms with van der Waals surface area (Å²) in [6.45, 7) is 2.36. The van der Waals surface area contributed by atoms with Crippen LogP contribution in [0.25, 0.3) is 5.65 Å². The summed E-state index contributed by atoms with van der Waals surface area (Å²) in [6.07, 6.45) is 11.8. The average molecular weight is 392 g/mol. The highest BCUT2D eigenvalue weighted by Crippen LogP contribution is 2.32. The first-order chi connectivity index (χ1) is 14.2. The van der Waals surface area contributed by atoms with Gasteiger partial charge in [-0.25, -0.2) is 14.4 Å². The number of fused-ring (bicyclic) bond motifs is 2. The van der Waals surface area contributed by atoms with E-state index in [1.807, 2.05) is 10.6 Å². The monoisotopic (exact) mass is 392 g/mol. The minimum Gasteiger partial charge on any atom is -0.493 e. The lowest BCUT2D eigenvalue weighted by Crippen LogP contribution is -2.16. The second-order valence-corrected chi connectivity index (χ2v) is 7.34. The van der Waals surface area contributed by atoms with Crippen molar-refractivity contribution in [3.05, 3.63) is 52.7 Å². The fourth-order valence-electron chi connectivity index (χ4n) is 4.17. The number of anilines is 1. The zero-order valence-electron chi connectivity index (χ0n) is 15.9. The molecule has 5 rings (SSSR count). The predicted molar refractivity (Wildman–Crippen MR) is 107 cm³/mol. The largest absolute Gasteiger partial charge is 0.493 e. The SMILES string of the molecule is C#Cc1cn2c(NCc3c(F)ccc4c3CCO4)ncc(C3CCOCC3)c2n1. The molecular formula is C22H21FN4O2. The number of benzene rings is 1.